The maximum Gasteiger partial charge on any atom is 0.160 e. The zero-order chi connectivity index (χ0) is 24.3. The molecule has 2 heterocycles. The minimum Gasteiger partial charge on any atom is -0.226 e. The van der Waals surface area contributed by atoms with E-state index < -0.39 is 0 Å². The topological polar surface area (TPSA) is 25.8 Å². The summed E-state index contributed by atoms with van der Waals surface area (Å²) in [5, 5.41) is 8.74. The molecule has 8 rings (SSSR count). The third-order valence-corrected chi connectivity index (χ3v) is 8.44. The van der Waals surface area contributed by atoms with Crippen LogP contribution in [0.25, 0.3) is 75.3 Å². The molecule has 2 aromatic heterocycles. The van der Waals surface area contributed by atoms with Crippen molar-refractivity contribution in [2.75, 3.05) is 0 Å². The van der Waals surface area contributed by atoms with Gasteiger partial charge in [0.2, 0.25) is 0 Å². The summed E-state index contributed by atoms with van der Waals surface area (Å²) in [5.41, 5.74) is 4.15. The lowest BCUT2D eigenvalue weighted by atomic mass is 9.93. The van der Waals surface area contributed by atoms with Crippen LogP contribution in [0, 0.1) is 0 Å². The number of hydrogen-bond donors (Lipinski definition) is 0. The average Bonchev–Trinajstić information content (AvgIpc) is 3.36. The van der Waals surface area contributed by atoms with Crippen LogP contribution in [-0.2, 0) is 0 Å². The van der Waals surface area contributed by atoms with E-state index in [-0.39, 0.29) is 0 Å². The Balaban J connectivity index is 1.46. The van der Waals surface area contributed by atoms with Crippen LogP contribution in [0.4, 0.5) is 0 Å². The third kappa shape index (κ3) is 3.11. The van der Waals surface area contributed by atoms with E-state index in [9.17, 15) is 0 Å². The molecule has 0 unspecified atom stereocenters. The lowest BCUT2D eigenvalue weighted by molar-refractivity contribution is 1.24. The van der Waals surface area contributed by atoms with Crippen molar-refractivity contribution in [3.8, 4) is 22.6 Å². The molecule has 0 aliphatic carbocycles. The van der Waals surface area contributed by atoms with Gasteiger partial charge in [0.1, 0.15) is 0 Å². The van der Waals surface area contributed by atoms with Crippen molar-refractivity contribution in [1.82, 2.24) is 9.97 Å². The van der Waals surface area contributed by atoms with Crippen LogP contribution in [-0.4, -0.2) is 9.97 Å². The molecule has 2 nitrogen and oxygen atoms in total. The molecule has 0 fully saturated rings. The van der Waals surface area contributed by atoms with E-state index in [1.54, 1.807) is 11.3 Å². The first-order valence-electron chi connectivity index (χ1n) is 12.4. The summed E-state index contributed by atoms with van der Waals surface area (Å²) in [6.45, 7) is 0. The Bertz CT molecular complexity index is 2110. The van der Waals surface area contributed by atoms with Gasteiger partial charge in [-0.05, 0) is 44.5 Å². The van der Waals surface area contributed by atoms with E-state index >= 15 is 0 Å². The normalized spacial score (nSPS) is 11.8. The van der Waals surface area contributed by atoms with Crippen LogP contribution < -0.4 is 0 Å². The van der Waals surface area contributed by atoms with Gasteiger partial charge in [-0.3, -0.25) is 0 Å². The van der Waals surface area contributed by atoms with E-state index in [1.165, 1.54) is 42.4 Å². The Hall–Kier alpha value is -4.60. The van der Waals surface area contributed by atoms with Crippen LogP contribution in [0.1, 0.15) is 0 Å². The summed E-state index contributed by atoms with van der Waals surface area (Å²) >= 11 is 1.77. The smallest absolute Gasteiger partial charge is 0.160 e. The predicted molar refractivity (Wildman–Crippen MR) is 158 cm³/mol. The Morgan fingerprint density at radius 1 is 0.432 bits per heavy atom. The molecular weight excluding hydrogens is 468 g/mol. The van der Waals surface area contributed by atoms with Gasteiger partial charge in [0.25, 0.3) is 0 Å². The largest absolute Gasteiger partial charge is 0.226 e. The van der Waals surface area contributed by atoms with Crippen molar-refractivity contribution in [3.63, 3.8) is 0 Å². The molecule has 3 heteroatoms. The number of benzene rings is 6. The first kappa shape index (κ1) is 20.6. The van der Waals surface area contributed by atoms with Gasteiger partial charge < -0.3 is 0 Å². The maximum absolute atomic E-state index is 5.19. The van der Waals surface area contributed by atoms with E-state index in [4.69, 9.17) is 9.97 Å². The molecule has 37 heavy (non-hydrogen) atoms. The second-order valence-electron chi connectivity index (χ2n) is 9.39. The standard InChI is InChI=1S/C34H20N2S/c1-2-10-21(11-3-1)31-33-32(28-16-8-9-17-30(28)37-33)36-34(35-31)22-18-19-27-25-14-5-4-12-23(25)24-13-6-7-15-26(24)29(27)20-22/h1-20H. The number of aromatic nitrogens is 2. The lowest BCUT2D eigenvalue weighted by Crippen LogP contribution is -1.94. The van der Waals surface area contributed by atoms with Crippen LogP contribution in [0.5, 0.6) is 0 Å². The van der Waals surface area contributed by atoms with Gasteiger partial charge in [-0.1, -0.05) is 109 Å². The number of thiophene rings is 1. The molecular formula is C34H20N2S. The molecule has 0 N–H and O–H groups in total. The highest BCUT2D eigenvalue weighted by Crippen LogP contribution is 2.41. The molecule has 0 aliphatic heterocycles. The molecule has 0 amide bonds. The Labute approximate surface area is 217 Å². The predicted octanol–water partition coefficient (Wildman–Crippen LogP) is 9.64. The number of rotatable bonds is 2. The Morgan fingerprint density at radius 2 is 1.00 bits per heavy atom. The third-order valence-electron chi connectivity index (χ3n) is 7.27. The van der Waals surface area contributed by atoms with E-state index in [0.717, 1.165) is 32.9 Å². The molecule has 0 radical (unpaired) electrons. The van der Waals surface area contributed by atoms with Crippen molar-refractivity contribution in [2.24, 2.45) is 0 Å². The van der Waals surface area contributed by atoms with Crippen LogP contribution in [0.2, 0.25) is 0 Å². The van der Waals surface area contributed by atoms with Crippen molar-refractivity contribution in [1.29, 1.82) is 0 Å². The minimum absolute atomic E-state index is 0.758. The second-order valence-corrected chi connectivity index (χ2v) is 10.4. The van der Waals surface area contributed by atoms with E-state index in [0.29, 0.717) is 0 Å². The fraction of sp³-hybridized carbons (Fsp3) is 0. The summed E-state index contributed by atoms with van der Waals surface area (Å²) in [6.07, 6.45) is 0. The summed E-state index contributed by atoms with van der Waals surface area (Å²) in [5.74, 6) is 0.758. The van der Waals surface area contributed by atoms with Gasteiger partial charge >= 0.3 is 0 Å². The van der Waals surface area contributed by atoms with Crippen molar-refractivity contribution < 1.29 is 0 Å². The zero-order valence-corrected chi connectivity index (χ0v) is 20.7. The molecule has 172 valence electrons. The number of hydrogen-bond acceptors (Lipinski definition) is 3. The Kier molecular flexibility index (Phi) is 4.42. The molecule has 6 aromatic carbocycles. The van der Waals surface area contributed by atoms with Gasteiger partial charge in [0.15, 0.2) is 5.82 Å². The highest BCUT2D eigenvalue weighted by Gasteiger charge is 2.17. The lowest BCUT2D eigenvalue weighted by Gasteiger charge is -2.12. The van der Waals surface area contributed by atoms with Gasteiger partial charge in [-0.15, -0.1) is 11.3 Å². The molecule has 0 saturated carbocycles. The molecule has 0 spiro atoms. The van der Waals surface area contributed by atoms with Gasteiger partial charge in [0, 0.05) is 21.2 Å². The summed E-state index contributed by atoms with van der Waals surface area (Å²) in [7, 11) is 0. The fourth-order valence-electron chi connectivity index (χ4n) is 5.56. The molecule has 0 bridgehead atoms. The molecule has 0 aliphatic rings. The Morgan fingerprint density at radius 3 is 1.70 bits per heavy atom. The van der Waals surface area contributed by atoms with Crippen LogP contribution in [0.3, 0.4) is 0 Å². The molecule has 8 aromatic rings. The van der Waals surface area contributed by atoms with Gasteiger partial charge in [0.05, 0.1) is 15.9 Å². The highest BCUT2D eigenvalue weighted by molar-refractivity contribution is 7.26. The van der Waals surface area contributed by atoms with Crippen molar-refractivity contribution in [3.05, 3.63) is 121 Å². The quantitative estimate of drug-likeness (QED) is 0.226. The van der Waals surface area contributed by atoms with Crippen LogP contribution in [0.15, 0.2) is 121 Å². The summed E-state index contributed by atoms with van der Waals surface area (Å²) in [6, 6.07) is 43.0. The SMILES string of the molecule is c1ccc(-c2nc(-c3ccc4c5ccccc5c5ccccc5c4c3)nc3c2sc2ccccc23)cc1. The summed E-state index contributed by atoms with van der Waals surface area (Å²) in [4.78, 5) is 10.4. The van der Waals surface area contributed by atoms with Crippen molar-refractivity contribution >= 4 is 64.0 Å². The van der Waals surface area contributed by atoms with Gasteiger partial charge in [-0.25, -0.2) is 9.97 Å². The second kappa shape index (κ2) is 7.95. The number of nitrogens with zero attached hydrogens (tertiary/aromatic N) is 2. The monoisotopic (exact) mass is 488 g/mol. The molecule has 0 atom stereocenters. The van der Waals surface area contributed by atoms with Gasteiger partial charge in [-0.2, -0.15) is 0 Å². The van der Waals surface area contributed by atoms with Crippen molar-refractivity contribution in [2.45, 2.75) is 0 Å². The molecule has 0 saturated heterocycles. The van der Waals surface area contributed by atoms with E-state index in [1.807, 2.05) is 6.07 Å². The first-order valence-corrected chi connectivity index (χ1v) is 13.2. The summed E-state index contributed by atoms with van der Waals surface area (Å²) < 4.78 is 2.37. The van der Waals surface area contributed by atoms with E-state index in [2.05, 4.69) is 115 Å². The van der Waals surface area contributed by atoms with Crippen LogP contribution >= 0.6 is 11.3 Å². The average molecular weight is 489 g/mol. The maximum atomic E-state index is 5.19. The number of fused-ring (bicyclic) bond motifs is 9. The fourth-order valence-corrected chi connectivity index (χ4v) is 6.71. The minimum atomic E-state index is 0.758. The first-order chi connectivity index (χ1) is 18.3. The zero-order valence-electron chi connectivity index (χ0n) is 19.8. The highest BCUT2D eigenvalue weighted by atomic mass is 32.1.